The van der Waals surface area contributed by atoms with E-state index in [9.17, 15) is 0 Å². The van der Waals surface area contributed by atoms with Crippen LogP contribution in [0.1, 0.15) is 25.0 Å². The summed E-state index contributed by atoms with van der Waals surface area (Å²) in [5.74, 6) is 0. The molecule has 0 aliphatic heterocycles. The molecule has 0 aromatic heterocycles. The lowest BCUT2D eigenvalue weighted by molar-refractivity contribution is 0.668. The van der Waals surface area contributed by atoms with Crippen molar-refractivity contribution in [1.29, 1.82) is 0 Å². The summed E-state index contributed by atoms with van der Waals surface area (Å²) in [7, 11) is 0. The fourth-order valence-corrected chi connectivity index (χ4v) is 8.97. The van der Waals surface area contributed by atoms with Crippen molar-refractivity contribution in [1.82, 2.24) is 0 Å². The summed E-state index contributed by atoms with van der Waals surface area (Å²) in [6.07, 6.45) is 0. The largest absolute Gasteiger partial charge is 0.0616 e. The van der Waals surface area contributed by atoms with Gasteiger partial charge in [-0.25, -0.2) is 0 Å². The number of rotatable bonds is 3. The minimum absolute atomic E-state index is 0.120. The van der Waals surface area contributed by atoms with Crippen LogP contribution in [0.5, 0.6) is 0 Å². The van der Waals surface area contributed by atoms with Crippen LogP contribution >= 0.6 is 0 Å². The zero-order valence-corrected chi connectivity index (χ0v) is 27.7. The Bertz CT molecular complexity index is 2720. The molecular weight excluding hydrogens is 589 g/mol. The van der Waals surface area contributed by atoms with Crippen LogP contribution in [-0.2, 0) is 5.41 Å². The van der Waals surface area contributed by atoms with Crippen LogP contribution < -0.4 is 0 Å². The van der Waals surface area contributed by atoms with Gasteiger partial charge < -0.3 is 0 Å². The number of hydrogen-bond acceptors (Lipinski definition) is 0. The van der Waals surface area contributed by atoms with Gasteiger partial charge in [0, 0.05) is 5.41 Å². The summed E-state index contributed by atoms with van der Waals surface area (Å²) in [4.78, 5) is 0. The molecule has 0 radical (unpaired) electrons. The molecule has 0 nitrogen and oxygen atoms in total. The van der Waals surface area contributed by atoms with E-state index in [0.29, 0.717) is 0 Å². The maximum absolute atomic E-state index is 2.40. The third kappa shape index (κ3) is 4.04. The number of benzene rings is 9. The zero-order valence-electron chi connectivity index (χ0n) is 27.7. The Balaban J connectivity index is 1.16. The lowest BCUT2D eigenvalue weighted by atomic mass is 9.77. The normalized spacial score (nSPS) is 13.3. The third-order valence-electron chi connectivity index (χ3n) is 11.0. The van der Waals surface area contributed by atoms with Crippen LogP contribution in [-0.4, -0.2) is 0 Å². The van der Waals surface area contributed by atoms with E-state index in [4.69, 9.17) is 0 Å². The molecule has 1 aliphatic carbocycles. The van der Waals surface area contributed by atoms with Gasteiger partial charge >= 0.3 is 0 Å². The second-order valence-corrected chi connectivity index (χ2v) is 14.0. The van der Waals surface area contributed by atoms with Crippen molar-refractivity contribution in [2.75, 3.05) is 0 Å². The lowest BCUT2D eigenvalue weighted by Gasteiger charge is -2.26. The highest BCUT2D eigenvalue weighted by Gasteiger charge is 2.38. The Labute approximate surface area is 286 Å². The van der Waals surface area contributed by atoms with Gasteiger partial charge in [0.05, 0.1) is 0 Å². The summed E-state index contributed by atoms with van der Waals surface area (Å²) in [6.45, 7) is 4.80. The molecule has 0 atom stereocenters. The molecule has 0 heterocycles. The predicted molar refractivity (Wildman–Crippen MR) is 210 cm³/mol. The van der Waals surface area contributed by atoms with Crippen molar-refractivity contribution >= 4 is 43.1 Å². The first-order chi connectivity index (χ1) is 24.1. The standard InChI is InChI=1S/C49H34/c1-49(2)47-37(22-12-24-43(47)44-30-29-32-14-4-6-17-36(32)48(44)49)33-25-27-34(28-26-33)45-39-18-7-9-20-41(39)46(42-21-10-8-19-40(42)45)38-23-11-15-31-13-3-5-16-35(31)38/h3-30H,1-2H3. The predicted octanol–water partition coefficient (Wildman–Crippen LogP) is 13.6. The first-order valence-corrected chi connectivity index (χ1v) is 17.3. The van der Waals surface area contributed by atoms with Gasteiger partial charge in [-0.2, -0.15) is 0 Å². The molecule has 10 rings (SSSR count). The SMILES string of the molecule is CC1(C)c2c(-c3ccc(-c4c5ccccc5c(-c5cccc6ccccc56)c5ccccc45)cc3)cccc2-c2ccc3ccccc3c21. The van der Waals surface area contributed by atoms with Gasteiger partial charge in [-0.15, -0.1) is 0 Å². The quantitative estimate of drug-likeness (QED) is 0.172. The molecular formula is C49H34. The van der Waals surface area contributed by atoms with E-state index in [-0.39, 0.29) is 5.41 Å². The first-order valence-electron chi connectivity index (χ1n) is 17.3. The molecule has 0 heteroatoms. The molecule has 9 aromatic carbocycles. The molecule has 0 amide bonds. The topological polar surface area (TPSA) is 0 Å². The second-order valence-electron chi connectivity index (χ2n) is 14.0. The van der Waals surface area contributed by atoms with Crippen LogP contribution in [0.4, 0.5) is 0 Å². The average Bonchev–Trinajstić information content (AvgIpc) is 3.40. The summed E-state index contributed by atoms with van der Waals surface area (Å²) in [5.41, 5.74) is 13.1. The fourth-order valence-electron chi connectivity index (χ4n) is 8.97. The highest BCUT2D eigenvalue weighted by Crippen LogP contribution is 2.54. The maximum Gasteiger partial charge on any atom is 0.0171 e. The molecule has 0 N–H and O–H groups in total. The summed E-state index contributed by atoms with van der Waals surface area (Å²) >= 11 is 0. The minimum Gasteiger partial charge on any atom is -0.0616 e. The summed E-state index contributed by atoms with van der Waals surface area (Å²) < 4.78 is 0. The van der Waals surface area contributed by atoms with Crippen molar-refractivity contribution < 1.29 is 0 Å². The molecule has 1 aliphatic rings. The van der Waals surface area contributed by atoms with Crippen LogP contribution in [0.15, 0.2) is 170 Å². The zero-order chi connectivity index (χ0) is 32.7. The van der Waals surface area contributed by atoms with Gasteiger partial charge in [0.15, 0.2) is 0 Å². The number of fused-ring (bicyclic) bond motifs is 8. The summed E-state index contributed by atoms with van der Waals surface area (Å²) in [5, 5.41) is 10.3. The second kappa shape index (κ2) is 10.5. The van der Waals surface area contributed by atoms with E-state index in [2.05, 4.69) is 184 Å². The molecule has 0 unspecified atom stereocenters. The highest BCUT2D eigenvalue weighted by atomic mass is 14.4. The highest BCUT2D eigenvalue weighted by molar-refractivity contribution is 6.23. The Morgan fingerprint density at radius 2 is 0.735 bits per heavy atom. The Morgan fingerprint density at radius 3 is 1.41 bits per heavy atom. The molecule has 0 spiro atoms. The Morgan fingerprint density at radius 1 is 0.286 bits per heavy atom. The van der Waals surface area contributed by atoms with Crippen molar-refractivity contribution in [3.8, 4) is 44.5 Å². The van der Waals surface area contributed by atoms with Gasteiger partial charge in [0.1, 0.15) is 0 Å². The van der Waals surface area contributed by atoms with Gasteiger partial charge in [-0.1, -0.05) is 184 Å². The molecule has 0 saturated heterocycles. The molecule has 0 fully saturated rings. The maximum atomic E-state index is 2.40. The van der Waals surface area contributed by atoms with E-state index in [1.165, 1.54) is 98.7 Å². The number of hydrogen-bond donors (Lipinski definition) is 0. The van der Waals surface area contributed by atoms with Gasteiger partial charge in [-0.05, 0) is 98.7 Å². The van der Waals surface area contributed by atoms with Gasteiger partial charge in [-0.3, -0.25) is 0 Å². The first kappa shape index (κ1) is 28.1. The van der Waals surface area contributed by atoms with Crippen LogP contribution in [0.2, 0.25) is 0 Å². The molecule has 230 valence electrons. The van der Waals surface area contributed by atoms with Crippen LogP contribution in [0, 0.1) is 0 Å². The molecule has 0 saturated carbocycles. The van der Waals surface area contributed by atoms with E-state index < -0.39 is 0 Å². The minimum atomic E-state index is -0.120. The average molecular weight is 623 g/mol. The van der Waals surface area contributed by atoms with E-state index in [0.717, 1.165) is 0 Å². The monoisotopic (exact) mass is 622 g/mol. The van der Waals surface area contributed by atoms with Gasteiger partial charge in [0.2, 0.25) is 0 Å². The summed E-state index contributed by atoms with van der Waals surface area (Å²) in [6, 6.07) is 63.0. The van der Waals surface area contributed by atoms with E-state index >= 15 is 0 Å². The molecule has 49 heavy (non-hydrogen) atoms. The van der Waals surface area contributed by atoms with Crippen molar-refractivity contribution in [2.24, 2.45) is 0 Å². The van der Waals surface area contributed by atoms with Crippen LogP contribution in [0.25, 0.3) is 87.6 Å². The van der Waals surface area contributed by atoms with Crippen molar-refractivity contribution in [3.05, 3.63) is 181 Å². The van der Waals surface area contributed by atoms with Crippen LogP contribution in [0.3, 0.4) is 0 Å². The van der Waals surface area contributed by atoms with Crippen molar-refractivity contribution in [3.63, 3.8) is 0 Å². The Kier molecular flexibility index (Phi) is 6.02. The van der Waals surface area contributed by atoms with Crippen molar-refractivity contribution in [2.45, 2.75) is 19.3 Å². The fraction of sp³-hybridized carbons (Fsp3) is 0.0612. The third-order valence-corrected chi connectivity index (χ3v) is 11.0. The Hall–Kier alpha value is -5.98. The van der Waals surface area contributed by atoms with Gasteiger partial charge in [0.25, 0.3) is 0 Å². The molecule has 9 aromatic rings. The smallest absolute Gasteiger partial charge is 0.0171 e. The van der Waals surface area contributed by atoms with E-state index in [1.54, 1.807) is 0 Å². The lowest BCUT2D eigenvalue weighted by Crippen LogP contribution is -2.16. The van der Waals surface area contributed by atoms with E-state index in [1.807, 2.05) is 0 Å². The molecule has 0 bridgehead atoms.